The van der Waals surface area contributed by atoms with Gasteiger partial charge in [0.1, 0.15) is 0 Å². The van der Waals surface area contributed by atoms with E-state index in [9.17, 15) is 4.79 Å². The highest BCUT2D eigenvalue weighted by molar-refractivity contribution is 7.99. The summed E-state index contributed by atoms with van der Waals surface area (Å²) < 4.78 is 5.34. The smallest absolute Gasteiger partial charge is 0.230 e. The molecule has 112 valence electrons. The predicted octanol–water partition coefficient (Wildman–Crippen LogP) is 2.80. The van der Waals surface area contributed by atoms with Crippen molar-refractivity contribution in [3.05, 3.63) is 35.9 Å². The fraction of sp³-hybridized carbons (Fsp3) is 0.533. The van der Waals surface area contributed by atoms with Crippen molar-refractivity contribution >= 4 is 29.4 Å². The SMILES string of the molecule is COC(CCSC)CNC(=O)CSCc1ccccc1. The molecule has 0 saturated carbocycles. The Kier molecular flexibility index (Phi) is 9.62. The van der Waals surface area contributed by atoms with Gasteiger partial charge in [0.25, 0.3) is 0 Å². The maximum Gasteiger partial charge on any atom is 0.230 e. The molecular weight excluding hydrogens is 290 g/mol. The standard InChI is InChI=1S/C15H23NO2S2/c1-18-14(8-9-19-2)10-16-15(17)12-20-11-13-6-4-3-5-7-13/h3-7,14H,8-12H2,1-2H3,(H,16,17). The molecule has 1 rings (SSSR count). The number of carbonyl (C=O) groups excluding carboxylic acids is 1. The lowest BCUT2D eigenvalue weighted by Crippen LogP contribution is -2.34. The highest BCUT2D eigenvalue weighted by Gasteiger charge is 2.09. The fourth-order valence-electron chi connectivity index (χ4n) is 1.67. The van der Waals surface area contributed by atoms with Gasteiger partial charge in [-0.15, -0.1) is 11.8 Å². The Morgan fingerprint density at radius 3 is 2.75 bits per heavy atom. The van der Waals surface area contributed by atoms with Crippen LogP contribution in [-0.2, 0) is 15.3 Å². The number of ether oxygens (including phenoxy) is 1. The van der Waals surface area contributed by atoms with Crippen LogP contribution in [0.15, 0.2) is 30.3 Å². The van der Waals surface area contributed by atoms with Crippen LogP contribution in [0.3, 0.4) is 0 Å². The van der Waals surface area contributed by atoms with Gasteiger partial charge in [-0.1, -0.05) is 30.3 Å². The lowest BCUT2D eigenvalue weighted by Gasteiger charge is -2.15. The molecule has 0 aliphatic carbocycles. The summed E-state index contributed by atoms with van der Waals surface area (Å²) in [7, 11) is 1.70. The van der Waals surface area contributed by atoms with Crippen LogP contribution >= 0.6 is 23.5 Å². The Hall–Kier alpha value is -0.650. The minimum absolute atomic E-state index is 0.0807. The molecule has 0 heterocycles. The first kappa shape index (κ1) is 17.4. The third-order valence-corrected chi connectivity index (χ3v) is 4.50. The molecule has 1 aromatic carbocycles. The number of nitrogens with one attached hydrogen (secondary N) is 1. The molecule has 0 saturated heterocycles. The summed E-state index contributed by atoms with van der Waals surface area (Å²) in [6.07, 6.45) is 3.16. The molecule has 20 heavy (non-hydrogen) atoms. The Morgan fingerprint density at radius 1 is 1.35 bits per heavy atom. The summed E-state index contributed by atoms with van der Waals surface area (Å²) in [5.41, 5.74) is 1.25. The molecule has 0 fully saturated rings. The van der Waals surface area contributed by atoms with Gasteiger partial charge in [0.2, 0.25) is 5.91 Å². The highest BCUT2D eigenvalue weighted by atomic mass is 32.2. The van der Waals surface area contributed by atoms with E-state index in [1.165, 1.54) is 5.56 Å². The van der Waals surface area contributed by atoms with E-state index < -0.39 is 0 Å². The Morgan fingerprint density at radius 2 is 2.10 bits per heavy atom. The molecular formula is C15H23NO2S2. The van der Waals surface area contributed by atoms with Crippen LogP contribution in [0.5, 0.6) is 0 Å². The van der Waals surface area contributed by atoms with Crippen molar-refractivity contribution in [1.82, 2.24) is 5.32 Å². The Bertz CT molecular complexity index is 373. The third kappa shape index (κ3) is 7.82. The second-order valence-corrected chi connectivity index (χ2v) is 6.39. The molecule has 3 nitrogen and oxygen atoms in total. The topological polar surface area (TPSA) is 38.3 Å². The van der Waals surface area contributed by atoms with Gasteiger partial charge in [0, 0.05) is 19.4 Å². The average Bonchev–Trinajstić information content (AvgIpc) is 2.48. The van der Waals surface area contributed by atoms with Crippen molar-refractivity contribution in [3.8, 4) is 0 Å². The van der Waals surface area contributed by atoms with Crippen molar-refractivity contribution in [2.45, 2.75) is 18.3 Å². The zero-order valence-corrected chi connectivity index (χ0v) is 13.8. The van der Waals surface area contributed by atoms with E-state index in [0.717, 1.165) is 17.9 Å². The summed E-state index contributed by atoms with van der Waals surface area (Å²) >= 11 is 3.43. The van der Waals surface area contributed by atoms with Gasteiger partial charge in [-0.3, -0.25) is 4.79 Å². The zero-order valence-electron chi connectivity index (χ0n) is 12.1. The number of hydrogen-bond donors (Lipinski definition) is 1. The zero-order chi connectivity index (χ0) is 14.6. The van der Waals surface area contributed by atoms with Gasteiger partial charge >= 0.3 is 0 Å². The van der Waals surface area contributed by atoms with Crippen molar-refractivity contribution in [2.75, 3.05) is 31.4 Å². The number of hydrogen-bond acceptors (Lipinski definition) is 4. The summed E-state index contributed by atoms with van der Waals surface area (Å²) in [5.74, 6) is 2.50. The predicted molar refractivity (Wildman–Crippen MR) is 89.4 cm³/mol. The van der Waals surface area contributed by atoms with Crippen LogP contribution in [-0.4, -0.2) is 43.4 Å². The lowest BCUT2D eigenvalue weighted by atomic mass is 10.2. The number of methoxy groups -OCH3 is 1. The van der Waals surface area contributed by atoms with Crippen molar-refractivity contribution in [3.63, 3.8) is 0 Å². The van der Waals surface area contributed by atoms with E-state index in [2.05, 4.69) is 23.7 Å². The number of carbonyl (C=O) groups is 1. The van der Waals surface area contributed by atoms with Gasteiger partial charge in [0.05, 0.1) is 11.9 Å². The van der Waals surface area contributed by atoms with Gasteiger partial charge in [0.15, 0.2) is 0 Å². The highest BCUT2D eigenvalue weighted by Crippen LogP contribution is 2.11. The number of amides is 1. The van der Waals surface area contributed by atoms with Gasteiger partial charge in [-0.25, -0.2) is 0 Å². The number of rotatable bonds is 10. The van der Waals surface area contributed by atoms with E-state index in [-0.39, 0.29) is 12.0 Å². The number of benzene rings is 1. The monoisotopic (exact) mass is 313 g/mol. The molecule has 1 N–H and O–H groups in total. The summed E-state index contributed by atoms with van der Waals surface area (Å²) in [6, 6.07) is 10.2. The van der Waals surface area contributed by atoms with E-state index in [0.29, 0.717) is 12.3 Å². The van der Waals surface area contributed by atoms with Crippen LogP contribution < -0.4 is 5.32 Å². The Labute approximate surface area is 130 Å². The molecule has 0 radical (unpaired) electrons. The van der Waals surface area contributed by atoms with Crippen molar-refractivity contribution < 1.29 is 9.53 Å². The quantitative estimate of drug-likeness (QED) is 0.721. The van der Waals surface area contributed by atoms with Crippen LogP contribution in [0.1, 0.15) is 12.0 Å². The molecule has 1 atom stereocenters. The third-order valence-electron chi connectivity index (χ3n) is 2.85. The van der Waals surface area contributed by atoms with Crippen LogP contribution in [0, 0.1) is 0 Å². The molecule has 1 unspecified atom stereocenters. The molecule has 0 aromatic heterocycles. The number of thioether (sulfide) groups is 2. The van der Waals surface area contributed by atoms with Gasteiger partial charge in [-0.2, -0.15) is 11.8 Å². The maximum atomic E-state index is 11.7. The molecule has 0 aliphatic heterocycles. The minimum atomic E-state index is 0.0807. The minimum Gasteiger partial charge on any atom is -0.380 e. The van der Waals surface area contributed by atoms with E-state index in [1.807, 2.05) is 18.2 Å². The molecule has 0 aliphatic rings. The first-order valence-electron chi connectivity index (χ1n) is 6.66. The van der Waals surface area contributed by atoms with Gasteiger partial charge in [-0.05, 0) is 24.0 Å². The fourth-order valence-corrected chi connectivity index (χ4v) is 2.98. The summed E-state index contributed by atoms with van der Waals surface area (Å²) in [6.45, 7) is 0.599. The van der Waals surface area contributed by atoms with Crippen molar-refractivity contribution in [1.29, 1.82) is 0 Å². The van der Waals surface area contributed by atoms with Crippen LogP contribution in [0.2, 0.25) is 0 Å². The average molecular weight is 313 g/mol. The molecule has 0 spiro atoms. The lowest BCUT2D eigenvalue weighted by molar-refractivity contribution is -0.119. The van der Waals surface area contributed by atoms with Crippen LogP contribution in [0.25, 0.3) is 0 Å². The molecule has 5 heteroatoms. The molecule has 1 aromatic rings. The maximum absolute atomic E-state index is 11.7. The second kappa shape index (κ2) is 11.1. The first-order chi connectivity index (χ1) is 9.76. The van der Waals surface area contributed by atoms with Crippen molar-refractivity contribution in [2.24, 2.45) is 0 Å². The molecule has 1 amide bonds. The largest absolute Gasteiger partial charge is 0.380 e. The normalized spacial score (nSPS) is 12.1. The second-order valence-electron chi connectivity index (χ2n) is 4.42. The van der Waals surface area contributed by atoms with E-state index in [1.54, 1.807) is 30.6 Å². The van der Waals surface area contributed by atoms with Gasteiger partial charge < -0.3 is 10.1 Å². The summed E-state index contributed by atoms with van der Waals surface area (Å²) in [4.78, 5) is 11.7. The van der Waals surface area contributed by atoms with Crippen LogP contribution in [0.4, 0.5) is 0 Å². The molecule has 0 bridgehead atoms. The Balaban J connectivity index is 2.13. The first-order valence-corrected chi connectivity index (χ1v) is 9.21. The summed E-state index contributed by atoms with van der Waals surface area (Å²) in [5, 5.41) is 2.93. The van der Waals surface area contributed by atoms with E-state index >= 15 is 0 Å². The van der Waals surface area contributed by atoms with E-state index in [4.69, 9.17) is 4.74 Å².